The third-order valence-electron chi connectivity index (χ3n) is 6.54. The van der Waals surface area contributed by atoms with Gasteiger partial charge in [-0.2, -0.15) is 0 Å². The largest absolute Gasteiger partial charge is 0.497 e. The van der Waals surface area contributed by atoms with E-state index >= 15 is 0 Å². The first-order valence-electron chi connectivity index (χ1n) is 12.7. The van der Waals surface area contributed by atoms with Gasteiger partial charge < -0.3 is 34.5 Å². The van der Waals surface area contributed by atoms with Gasteiger partial charge in [-0.3, -0.25) is 4.90 Å². The minimum Gasteiger partial charge on any atom is -0.497 e. The second-order valence-electron chi connectivity index (χ2n) is 9.18. The van der Waals surface area contributed by atoms with Gasteiger partial charge in [0.25, 0.3) is 0 Å². The van der Waals surface area contributed by atoms with E-state index in [1.54, 1.807) is 7.11 Å². The highest BCUT2D eigenvalue weighted by molar-refractivity contribution is 5.77. The lowest BCUT2D eigenvalue weighted by Gasteiger charge is -2.31. The Hall–Kier alpha value is -3.64. The molecule has 2 heterocycles. The number of nitrogens with zero attached hydrogens (tertiary/aromatic N) is 4. The molecule has 2 aromatic rings. The molecule has 0 saturated carbocycles. The fourth-order valence-electron chi connectivity index (χ4n) is 4.53. The molecular weight excluding hydrogens is 506 g/mol. The predicted octanol–water partition coefficient (Wildman–Crippen LogP) is 3.20. The number of azide groups is 1. The molecule has 6 atom stereocenters. The van der Waals surface area contributed by atoms with Gasteiger partial charge in [-0.05, 0) is 47.7 Å². The Morgan fingerprint density at radius 3 is 2.56 bits per heavy atom. The van der Waals surface area contributed by atoms with Crippen molar-refractivity contribution in [3.05, 3.63) is 88.4 Å². The van der Waals surface area contributed by atoms with Gasteiger partial charge in [0.2, 0.25) is 0 Å². The smallest absolute Gasteiger partial charge is 0.325 e. The third kappa shape index (κ3) is 7.48. The maximum Gasteiger partial charge on any atom is 0.325 e. The number of hydrogen-bond donors (Lipinski definition) is 3. The van der Waals surface area contributed by atoms with Crippen molar-refractivity contribution in [3.63, 3.8) is 0 Å². The van der Waals surface area contributed by atoms with Crippen LogP contribution in [0.2, 0.25) is 0 Å². The number of nitrogens with one attached hydrogen (secondary N) is 1. The monoisotopic (exact) mass is 539 g/mol. The summed E-state index contributed by atoms with van der Waals surface area (Å²) < 4.78 is 24.0. The average Bonchev–Trinajstić information content (AvgIpc) is 3.27. The molecule has 4 rings (SSSR count). The normalized spacial score (nSPS) is 25.2. The Balaban J connectivity index is 1.56. The standard InChI is InChI=1S/C27H33N5O7/c1-36-20-11-9-19(10-12-20)17-38-25-23(34)26(32-15-13-22(33)30-27(32)35)39-24(25)21(8-5-14-29-31-28)37-16-18-6-3-2-4-7-18/h2-4,6-7,9-13,15,21-26,33-34H,5,8,14,16-17H2,1H3,(H,30,35)/t21-,22?,23?,24-,25?,26-/m1/s1. The fraction of sp³-hybridized carbons (Fsp3) is 0.444. The molecule has 1 saturated heterocycles. The maximum absolute atomic E-state index is 12.6. The minimum absolute atomic E-state index is 0.170. The van der Waals surface area contributed by atoms with E-state index in [9.17, 15) is 15.0 Å². The molecule has 208 valence electrons. The Morgan fingerprint density at radius 2 is 1.87 bits per heavy atom. The summed E-state index contributed by atoms with van der Waals surface area (Å²) in [5.41, 5.74) is 10.5. The molecule has 3 N–H and O–H groups in total. The lowest BCUT2D eigenvalue weighted by molar-refractivity contribution is -0.129. The van der Waals surface area contributed by atoms with E-state index in [-0.39, 0.29) is 19.8 Å². The zero-order chi connectivity index (χ0) is 27.6. The van der Waals surface area contributed by atoms with Gasteiger partial charge in [-0.1, -0.05) is 47.6 Å². The fourth-order valence-corrected chi connectivity index (χ4v) is 4.53. The highest BCUT2D eigenvalue weighted by atomic mass is 16.6. The number of benzene rings is 2. The molecule has 0 aromatic heterocycles. The van der Waals surface area contributed by atoms with E-state index in [1.807, 2.05) is 54.6 Å². The van der Waals surface area contributed by atoms with Crippen molar-refractivity contribution in [2.45, 2.75) is 62.9 Å². The molecule has 0 radical (unpaired) electrons. The van der Waals surface area contributed by atoms with Crippen molar-refractivity contribution in [2.24, 2.45) is 5.11 Å². The van der Waals surface area contributed by atoms with Crippen LogP contribution in [0.5, 0.6) is 5.75 Å². The lowest BCUT2D eigenvalue weighted by atomic mass is 10.0. The van der Waals surface area contributed by atoms with Crippen molar-refractivity contribution >= 4 is 6.03 Å². The van der Waals surface area contributed by atoms with Gasteiger partial charge in [-0.25, -0.2) is 4.79 Å². The molecule has 0 aliphatic carbocycles. The van der Waals surface area contributed by atoms with Gasteiger partial charge in [0.05, 0.1) is 26.4 Å². The van der Waals surface area contributed by atoms with Crippen LogP contribution in [0.15, 0.2) is 72.0 Å². The Morgan fingerprint density at radius 1 is 1.13 bits per heavy atom. The summed E-state index contributed by atoms with van der Waals surface area (Å²) in [4.78, 5) is 16.6. The zero-order valence-electron chi connectivity index (χ0n) is 21.6. The molecule has 2 aromatic carbocycles. The number of hydrogen-bond acceptors (Lipinski definition) is 8. The van der Waals surface area contributed by atoms with Crippen LogP contribution in [0, 0.1) is 0 Å². The number of amides is 2. The van der Waals surface area contributed by atoms with Gasteiger partial charge in [0, 0.05) is 17.7 Å². The minimum atomic E-state index is -1.22. The Bertz CT molecular complexity index is 1140. The van der Waals surface area contributed by atoms with E-state index in [4.69, 9.17) is 24.5 Å². The molecule has 2 aliphatic heterocycles. The molecule has 39 heavy (non-hydrogen) atoms. The van der Waals surface area contributed by atoms with Crippen LogP contribution < -0.4 is 10.1 Å². The van der Waals surface area contributed by atoms with Crippen molar-refractivity contribution in [3.8, 4) is 5.75 Å². The van der Waals surface area contributed by atoms with Crippen molar-refractivity contribution in [2.75, 3.05) is 13.7 Å². The van der Waals surface area contributed by atoms with E-state index in [2.05, 4.69) is 15.3 Å². The first-order valence-corrected chi connectivity index (χ1v) is 12.7. The van der Waals surface area contributed by atoms with E-state index in [0.717, 1.165) is 11.1 Å². The molecule has 12 heteroatoms. The quantitative estimate of drug-likeness (QED) is 0.153. The van der Waals surface area contributed by atoms with Gasteiger partial charge in [0.1, 0.15) is 30.3 Å². The predicted molar refractivity (Wildman–Crippen MR) is 140 cm³/mol. The second kappa shape index (κ2) is 13.9. The number of ether oxygens (including phenoxy) is 4. The van der Waals surface area contributed by atoms with Crippen LogP contribution in [-0.2, 0) is 27.4 Å². The topological polar surface area (TPSA) is 158 Å². The third-order valence-corrected chi connectivity index (χ3v) is 6.54. The number of aliphatic hydroxyl groups is 2. The highest BCUT2D eigenvalue weighted by Crippen LogP contribution is 2.33. The molecule has 12 nitrogen and oxygen atoms in total. The average molecular weight is 540 g/mol. The summed E-state index contributed by atoms with van der Waals surface area (Å²) in [6.45, 7) is 0.727. The van der Waals surface area contributed by atoms with E-state index < -0.39 is 42.9 Å². The van der Waals surface area contributed by atoms with Gasteiger partial charge >= 0.3 is 6.03 Å². The molecule has 2 aliphatic rings. The van der Waals surface area contributed by atoms with Gasteiger partial charge in [-0.15, -0.1) is 0 Å². The molecular formula is C27H33N5O7. The second-order valence-corrected chi connectivity index (χ2v) is 9.18. The Kier molecular flexibility index (Phi) is 10.1. The first-order chi connectivity index (χ1) is 19.0. The van der Waals surface area contributed by atoms with Crippen LogP contribution in [0.4, 0.5) is 4.79 Å². The summed E-state index contributed by atoms with van der Waals surface area (Å²) in [6, 6.07) is 16.4. The van der Waals surface area contributed by atoms with Gasteiger partial charge in [0.15, 0.2) is 6.23 Å². The SMILES string of the molecule is COc1ccc(COC2C(O)[C@H](N3C=CC(O)NC3=O)O[C@@H]2[C@@H](CCCN=[N+]=[N-])OCc2ccccc2)cc1. The highest BCUT2D eigenvalue weighted by Gasteiger charge is 2.51. The van der Waals surface area contributed by atoms with Crippen LogP contribution >= 0.6 is 0 Å². The number of methoxy groups -OCH3 is 1. The number of carbonyl (C=O) groups is 1. The zero-order valence-corrected chi connectivity index (χ0v) is 21.6. The summed E-state index contributed by atoms with van der Waals surface area (Å²) >= 11 is 0. The van der Waals surface area contributed by atoms with E-state index in [0.29, 0.717) is 18.6 Å². The van der Waals surface area contributed by atoms with Crippen LogP contribution in [0.3, 0.4) is 0 Å². The number of aliphatic hydroxyl groups excluding tert-OH is 2. The van der Waals surface area contributed by atoms with Crippen LogP contribution in [0.25, 0.3) is 10.4 Å². The molecule has 2 amide bonds. The summed E-state index contributed by atoms with van der Waals surface area (Å²) in [7, 11) is 1.59. The molecule has 1 fully saturated rings. The molecule has 0 spiro atoms. The summed E-state index contributed by atoms with van der Waals surface area (Å²) in [6.07, 6.45) is -1.88. The summed E-state index contributed by atoms with van der Waals surface area (Å²) in [5, 5.41) is 27.1. The summed E-state index contributed by atoms with van der Waals surface area (Å²) in [5.74, 6) is 0.709. The Labute approximate surface area is 226 Å². The maximum atomic E-state index is 12.6. The number of rotatable bonds is 13. The van der Waals surface area contributed by atoms with Crippen molar-refractivity contribution in [1.82, 2.24) is 10.2 Å². The number of carbonyl (C=O) groups excluding carboxylic acids is 1. The van der Waals surface area contributed by atoms with E-state index in [1.165, 1.54) is 17.2 Å². The lowest BCUT2D eigenvalue weighted by Crippen LogP contribution is -2.53. The number of urea groups is 1. The first kappa shape index (κ1) is 28.4. The van der Waals surface area contributed by atoms with Crippen LogP contribution in [-0.4, -0.2) is 71.7 Å². The molecule has 3 unspecified atom stereocenters. The molecule has 0 bridgehead atoms. The van der Waals surface area contributed by atoms with Crippen LogP contribution in [0.1, 0.15) is 24.0 Å². The van der Waals surface area contributed by atoms with Crippen molar-refractivity contribution < 1.29 is 34.0 Å². The van der Waals surface area contributed by atoms with Crippen molar-refractivity contribution in [1.29, 1.82) is 0 Å².